The number of hydrogen-bond donors (Lipinski definition) is 1. The van der Waals surface area contributed by atoms with E-state index in [2.05, 4.69) is 5.16 Å². The molecule has 0 bridgehead atoms. The quantitative estimate of drug-likeness (QED) is 0.649. The highest BCUT2D eigenvalue weighted by atomic mass is 16.6. The Labute approximate surface area is 118 Å². The molecular formula is C16H17NO3. The summed E-state index contributed by atoms with van der Waals surface area (Å²) < 4.78 is 5.68. The van der Waals surface area contributed by atoms with Gasteiger partial charge in [-0.1, -0.05) is 47.6 Å². The van der Waals surface area contributed by atoms with Crippen LogP contribution in [0.25, 0.3) is 0 Å². The van der Waals surface area contributed by atoms with Crippen molar-refractivity contribution >= 4 is 5.71 Å². The molecule has 0 spiro atoms. The molecule has 0 heterocycles. The van der Waals surface area contributed by atoms with Crippen molar-refractivity contribution in [2.75, 3.05) is 13.7 Å². The molecule has 0 saturated heterocycles. The number of rotatable bonds is 6. The first-order valence-electron chi connectivity index (χ1n) is 6.31. The molecule has 0 aliphatic heterocycles. The molecule has 0 unspecified atom stereocenters. The van der Waals surface area contributed by atoms with E-state index >= 15 is 0 Å². The summed E-state index contributed by atoms with van der Waals surface area (Å²) in [6, 6.07) is 17.0. The Hall–Kier alpha value is -2.33. The van der Waals surface area contributed by atoms with Crippen LogP contribution in [-0.4, -0.2) is 24.5 Å². The van der Waals surface area contributed by atoms with E-state index in [9.17, 15) is 0 Å². The Morgan fingerprint density at radius 1 is 1.05 bits per heavy atom. The van der Waals surface area contributed by atoms with Gasteiger partial charge in [0.15, 0.2) is 0 Å². The molecule has 0 atom stereocenters. The van der Waals surface area contributed by atoms with Crippen LogP contribution in [0.4, 0.5) is 0 Å². The SMILES string of the molecule is CON=C(COc1ccc(CO)cc1)c1ccccc1. The van der Waals surface area contributed by atoms with Gasteiger partial charge in [0, 0.05) is 5.56 Å². The van der Waals surface area contributed by atoms with E-state index in [1.54, 1.807) is 0 Å². The highest BCUT2D eigenvalue weighted by Gasteiger charge is 2.05. The van der Waals surface area contributed by atoms with Crippen LogP contribution >= 0.6 is 0 Å². The Kier molecular flexibility index (Phi) is 5.15. The summed E-state index contributed by atoms with van der Waals surface area (Å²) in [6.45, 7) is 0.344. The molecule has 0 aromatic heterocycles. The fourth-order valence-corrected chi connectivity index (χ4v) is 1.75. The normalized spacial score (nSPS) is 11.2. The van der Waals surface area contributed by atoms with E-state index < -0.39 is 0 Å². The zero-order valence-corrected chi connectivity index (χ0v) is 11.3. The summed E-state index contributed by atoms with van der Waals surface area (Å²) in [4.78, 5) is 4.86. The zero-order valence-electron chi connectivity index (χ0n) is 11.3. The summed E-state index contributed by atoms with van der Waals surface area (Å²) in [5.41, 5.74) is 2.53. The average Bonchev–Trinajstić information content (AvgIpc) is 2.53. The first kappa shape index (κ1) is 14.1. The minimum absolute atomic E-state index is 0.0285. The number of aliphatic hydroxyl groups is 1. The third-order valence-electron chi connectivity index (χ3n) is 2.79. The fraction of sp³-hybridized carbons (Fsp3) is 0.188. The van der Waals surface area contributed by atoms with Crippen LogP contribution < -0.4 is 4.74 Å². The summed E-state index contributed by atoms with van der Waals surface area (Å²) >= 11 is 0. The molecule has 2 aromatic carbocycles. The van der Waals surface area contributed by atoms with Crippen molar-refractivity contribution in [3.8, 4) is 5.75 Å². The van der Waals surface area contributed by atoms with Crippen molar-refractivity contribution in [2.45, 2.75) is 6.61 Å². The van der Waals surface area contributed by atoms with Gasteiger partial charge in [-0.2, -0.15) is 0 Å². The van der Waals surface area contributed by atoms with Gasteiger partial charge in [-0.05, 0) is 17.7 Å². The predicted octanol–water partition coefficient (Wildman–Crippen LogP) is 2.61. The third kappa shape index (κ3) is 3.83. The summed E-state index contributed by atoms with van der Waals surface area (Å²) in [5.74, 6) is 0.724. The number of nitrogens with zero attached hydrogens (tertiary/aromatic N) is 1. The standard InChI is InChI=1S/C16H17NO3/c1-19-17-16(14-5-3-2-4-6-14)12-20-15-9-7-13(11-18)8-10-15/h2-10,18H,11-12H2,1H3. The maximum atomic E-state index is 8.99. The molecule has 4 heteroatoms. The number of ether oxygens (including phenoxy) is 1. The monoisotopic (exact) mass is 271 g/mol. The number of hydrogen-bond acceptors (Lipinski definition) is 4. The minimum atomic E-state index is 0.0285. The molecule has 0 amide bonds. The average molecular weight is 271 g/mol. The second kappa shape index (κ2) is 7.31. The Balaban J connectivity index is 2.04. The summed E-state index contributed by atoms with van der Waals surface area (Å²) in [6.07, 6.45) is 0. The molecule has 1 N–H and O–H groups in total. The molecule has 2 rings (SSSR count). The molecule has 4 nitrogen and oxygen atoms in total. The van der Waals surface area contributed by atoms with Crippen LogP contribution in [-0.2, 0) is 11.4 Å². The van der Waals surface area contributed by atoms with Gasteiger partial charge < -0.3 is 14.7 Å². The highest BCUT2D eigenvalue weighted by molar-refractivity contribution is 6.01. The van der Waals surface area contributed by atoms with Crippen molar-refractivity contribution < 1.29 is 14.7 Å². The van der Waals surface area contributed by atoms with Crippen LogP contribution in [0.2, 0.25) is 0 Å². The lowest BCUT2D eigenvalue weighted by Crippen LogP contribution is -2.13. The van der Waals surface area contributed by atoms with E-state index in [0.29, 0.717) is 6.61 Å². The second-order valence-corrected chi connectivity index (χ2v) is 4.18. The number of oxime groups is 1. The Morgan fingerprint density at radius 2 is 1.75 bits per heavy atom. The van der Waals surface area contributed by atoms with E-state index in [1.807, 2.05) is 54.6 Å². The molecule has 0 aliphatic carbocycles. The van der Waals surface area contributed by atoms with E-state index in [1.165, 1.54) is 7.11 Å². The third-order valence-corrected chi connectivity index (χ3v) is 2.79. The van der Waals surface area contributed by atoms with Crippen molar-refractivity contribution in [1.29, 1.82) is 0 Å². The maximum Gasteiger partial charge on any atom is 0.134 e. The van der Waals surface area contributed by atoms with E-state index in [-0.39, 0.29) is 6.61 Å². The smallest absolute Gasteiger partial charge is 0.134 e. The molecule has 20 heavy (non-hydrogen) atoms. The largest absolute Gasteiger partial charge is 0.487 e. The Bertz CT molecular complexity index is 550. The van der Waals surface area contributed by atoms with Crippen LogP contribution in [0.1, 0.15) is 11.1 Å². The lowest BCUT2D eigenvalue weighted by Gasteiger charge is -2.09. The maximum absolute atomic E-state index is 8.99. The van der Waals surface area contributed by atoms with Gasteiger partial charge in [-0.3, -0.25) is 0 Å². The van der Waals surface area contributed by atoms with E-state index in [0.717, 1.165) is 22.6 Å². The molecule has 0 radical (unpaired) electrons. The fourth-order valence-electron chi connectivity index (χ4n) is 1.75. The van der Waals surface area contributed by atoms with Gasteiger partial charge in [0.2, 0.25) is 0 Å². The molecule has 0 saturated carbocycles. The second-order valence-electron chi connectivity index (χ2n) is 4.18. The van der Waals surface area contributed by atoms with Gasteiger partial charge in [-0.15, -0.1) is 0 Å². The first-order chi connectivity index (χ1) is 9.83. The van der Waals surface area contributed by atoms with Crippen molar-refractivity contribution in [3.05, 3.63) is 65.7 Å². The van der Waals surface area contributed by atoms with Crippen LogP contribution in [0, 0.1) is 0 Å². The van der Waals surface area contributed by atoms with Crippen molar-refractivity contribution in [1.82, 2.24) is 0 Å². The topological polar surface area (TPSA) is 51.0 Å². The molecule has 0 aliphatic rings. The van der Waals surface area contributed by atoms with Crippen LogP contribution in [0.15, 0.2) is 59.8 Å². The predicted molar refractivity (Wildman–Crippen MR) is 77.8 cm³/mol. The van der Waals surface area contributed by atoms with Gasteiger partial charge in [-0.25, -0.2) is 0 Å². The summed E-state index contributed by atoms with van der Waals surface area (Å²) in [5, 5.41) is 13.0. The number of benzene rings is 2. The van der Waals surface area contributed by atoms with Crippen molar-refractivity contribution in [2.24, 2.45) is 5.16 Å². The van der Waals surface area contributed by atoms with Gasteiger partial charge in [0.25, 0.3) is 0 Å². The van der Waals surface area contributed by atoms with E-state index in [4.69, 9.17) is 14.7 Å². The molecular weight excluding hydrogens is 254 g/mol. The number of aliphatic hydroxyl groups excluding tert-OH is 1. The molecule has 104 valence electrons. The Morgan fingerprint density at radius 3 is 2.35 bits per heavy atom. The summed E-state index contributed by atoms with van der Waals surface area (Å²) in [7, 11) is 1.51. The lowest BCUT2D eigenvalue weighted by atomic mass is 10.1. The van der Waals surface area contributed by atoms with Gasteiger partial charge in [0.05, 0.1) is 6.61 Å². The lowest BCUT2D eigenvalue weighted by molar-refractivity contribution is 0.210. The van der Waals surface area contributed by atoms with Crippen LogP contribution in [0.3, 0.4) is 0 Å². The van der Waals surface area contributed by atoms with Gasteiger partial charge in [0.1, 0.15) is 25.2 Å². The van der Waals surface area contributed by atoms with Crippen molar-refractivity contribution in [3.63, 3.8) is 0 Å². The van der Waals surface area contributed by atoms with Gasteiger partial charge >= 0.3 is 0 Å². The highest BCUT2D eigenvalue weighted by Crippen LogP contribution is 2.13. The minimum Gasteiger partial charge on any atom is -0.487 e. The molecule has 2 aromatic rings. The van der Waals surface area contributed by atoms with Crippen LogP contribution in [0.5, 0.6) is 5.75 Å². The molecule has 0 fully saturated rings. The first-order valence-corrected chi connectivity index (χ1v) is 6.31. The zero-order chi connectivity index (χ0) is 14.2.